The summed E-state index contributed by atoms with van der Waals surface area (Å²) in [6, 6.07) is 0. The zero-order valence-corrected chi connectivity index (χ0v) is 10.8. The van der Waals surface area contributed by atoms with Gasteiger partial charge < -0.3 is 10.4 Å². The van der Waals surface area contributed by atoms with E-state index < -0.39 is 21.3 Å². The van der Waals surface area contributed by atoms with E-state index in [1.807, 2.05) is 0 Å². The van der Waals surface area contributed by atoms with E-state index >= 15 is 0 Å². The van der Waals surface area contributed by atoms with Crippen molar-refractivity contribution in [1.29, 1.82) is 0 Å². The van der Waals surface area contributed by atoms with Crippen LogP contribution in [0.3, 0.4) is 0 Å². The fraction of sp³-hybridized carbons (Fsp3) is 0.556. The maximum Gasteiger partial charge on any atom is 0.357 e. The molecule has 1 unspecified atom stereocenters. The molecule has 1 fully saturated rings. The average molecular weight is 276 g/mol. The summed E-state index contributed by atoms with van der Waals surface area (Å²) in [4.78, 5) is 14.6. The first-order chi connectivity index (χ1) is 7.81. The third kappa shape index (κ3) is 2.58. The Morgan fingerprint density at radius 1 is 1.65 bits per heavy atom. The Bertz CT molecular complexity index is 551. The number of anilines is 1. The molecule has 94 valence electrons. The quantitative estimate of drug-likeness (QED) is 0.849. The van der Waals surface area contributed by atoms with Gasteiger partial charge in [0.15, 0.2) is 15.5 Å². The van der Waals surface area contributed by atoms with Crippen molar-refractivity contribution in [1.82, 2.24) is 4.98 Å². The lowest BCUT2D eigenvalue weighted by atomic mass is 10.0. The van der Waals surface area contributed by atoms with E-state index in [0.29, 0.717) is 11.4 Å². The molecule has 1 aromatic rings. The Balaban J connectivity index is 2.22. The van der Waals surface area contributed by atoms with E-state index in [2.05, 4.69) is 10.3 Å². The van der Waals surface area contributed by atoms with Crippen molar-refractivity contribution in [2.45, 2.75) is 18.9 Å². The molecular formula is C9H12N2O4S2. The number of sulfone groups is 1. The van der Waals surface area contributed by atoms with Crippen molar-refractivity contribution in [3.63, 3.8) is 0 Å². The molecule has 0 aromatic carbocycles. The third-order valence-electron chi connectivity index (χ3n) is 2.69. The van der Waals surface area contributed by atoms with E-state index in [4.69, 9.17) is 5.11 Å². The maximum absolute atomic E-state index is 11.4. The molecule has 1 aliphatic rings. The summed E-state index contributed by atoms with van der Waals surface area (Å²) in [5.41, 5.74) is 0.772. The Morgan fingerprint density at radius 2 is 2.35 bits per heavy atom. The second kappa shape index (κ2) is 3.95. The Labute approximate surface area is 103 Å². The molecule has 0 bridgehead atoms. The molecule has 2 rings (SSSR count). The highest BCUT2D eigenvalue weighted by Crippen LogP contribution is 2.30. The van der Waals surface area contributed by atoms with Crippen LogP contribution < -0.4 is 5.32 Å². The first kappa shape index (κ1) is 12.3. The van der Waals surface area contributed by atoms with Crippen LogP contribution in [0.5, 0.6) is 0 Å². The van der Waals surface area contributed by atoms with Crippen LogP contribution in [-0.2, 0) is 9.84 Å². The summed E-state index contributed by atoms with van der Waals surface area (Å²) in [7, 11) is -3.02. The minimum absolute atomic E-state index is 0.0248. The van der Waals surface area contributed by atoms with Gasteiger partial charge in [0.25, 0.3) is 0 Å². The van der Waals surface area contributed by atoms with Crippen LogP contribution in [0.2, 0.25) is 0 Å². The summed E-state index contributed by atoms with van der Waals surface area (Å²) in [6.45, 7) is 1.78. The number of hydrogen-bond donors (Lipinski definition) is 2. The summed E-state index contributed by atoms with van der Waals surface area (Å²) in [6.07, 6.45) is 0.478. The van der Waals surface area contributed by atoms with Gasteiger partial charge >= 0.3 is 5.97 Å². The average Bonchev–Trinajstić information content (AvgIpc) is 2.71. The molecule has 2 N–H and O–H groups in total. The highest BCUT2D eigenvalue weighted by atomic mass is 32.2. The van der Waals surface area contributed by atoms with Gasteiger partial charge in [-0.25, -0.2) is 18.2 Å². The number of rotatable bonds is 3. The lowest BCUT2D eigenvalue weighted by Gasteiger charge is -2.24. The highest BCUT2D eigenvalue weighted by Gasteiger charge is 2.39. The highest BCUT2D eigenvalue weighted by molar-refractivity contribution is 7.91. The van der Waals surface area contributed by atoms with Gasteiger partial charge in [-0.05, 0) is 13.3 Å². The zero-order valence-electron chi connectivity index (χ0n) is 9.13. The monoisotopic (exact) mass is 276 g/mol. The summed E-state index contributed by atoms with van der Waals surface area (Å²) >= 11 is 1.17. The topological polar surface area (TPSA) is 96.4 Å². The molecule has 1 saturated heterocycles. The first-order valence-corrected chi connectivity index (χ1v) is 7.67. The van der Waals surface area contributed by atoms with Crippen molar-refractivity contribution < 1.29 is 18.3 Å². The van der Waals surface area contributed by atoms with Gasteiger partial charge in [0, 0.05) is 0 Å². The summed E-state index contributed by atoms with van der Waals surface area (Å²) in [5.74, 6) is -0.951. The molecular weight excluding hydrogens is 264 g/mol. The molecule has 0 spiro atoms. The largest absolute Gasteiger partial charge is 0.476 e. The Morgan fingerprint density at radius 3 is 2.88 bits per heavy atom. The van der Waals surface area contributed by atoms with Crippen LogP contribution in [0, 0.1) is 0 Å². The molecule has 2 heterocycles. The second-order valence-corrected chi connectivity index (χ2v) is 7.40. The zero-order chi connectivity index (χ0) is 12.7. The number of carboxylic acid groups (broad SMARTS) is 1. The van der Waals surface area contributed by atoms with Gasteiger partial charge in [0.1, 0.15) is 5.00 Å². The number of nitrogens with zero attached hydrogens (tertiary/aromatic N) is 1. The number of carboxylic acids is 1. The standard InChI is InChI=1S/C9H12N2O4S2/c1-9(2-3-17(14,15)4-9)11-7-6(8(12)13)10-5-16-7/h5,11H,2-4H2,1H3,(H,12,13). The first-order valence-electron chi connectivity index (χ1n) is 4.97. The molecule has 0 saturated carbocycles. The SMILES string of the molecule is CC1(Nc2scnc2C(=O)O)CCS(=O)(=O)C1. The minimum Gasteiger partial charge on any atom is -0.476 e. The predicted molar refractivity (Wildman–Crippen MR) is 64.4 cm³/mol. The van der Waals surface area contributed by atoms with Crippen LogP contribution in [-0.4, -0.2) is 41.5 Å². The lowest BCUT2D eigenvalue weighted by Crippen LogP contribution is -2.36. The lowest BCUT2D eigenvalue weighted by molar-refractivity contribution is 0.0692. The van der Waals surface area contributed by atoms with Gasteiger partial charge in [0.05, 0.1) is 22.6 Å². The van der Waals surface area contributed by atoms with Crippen LogP contribution >= 0.6 is 11.3 Å². The van der Waals surface area contributed by atoms with E-state index in [0.717, 1.165) is 0 Å². The Kier molecular flexibility index (Phi) is 2.86. The Hall–Kier alpha value is -1.15. The minimum atomic E-state index is -3.02. The van der Waals surface area contributed by atoms with Gasteiger partial charge in [-0.1, -0.05) is 0 Å². The third-order valence-corrected chi connectivity index (χ3v) is 5.33. The van der Waals surface area contributed by atoms with Crippen molar-refractivity contribution in [3.8, 4) is 0 Å². The number of aromatic carboxylic acids is 1. The molecule has 0 radical (unpaired) electrons. The molecule has 1 aromatic heterocycles. The fourth-order valence-electron chi connectivity index (χ4n) is 1.87. The molecule has 0 amide bonds. The van der Waals surface area contributed by atoms with Crippen molar-refractivity contribution in [2.24, 2.45) is 0 Å². The van der Waals surface area contributed by atoms with Crippen LogP contribution in [0.25, 0.3) is 0 Å². The molecule has 17 heavy (non-hydrogen) atoms. The number of carbonyl (C=O) groups is 1. The summed E-state index contributed by atoms with van der Waals surface area (Å²) < 4.78 is 22.8. The van der Waals surface area contributed by atoms with Gasteiger partial charge in [-0.2, -0.15) is 0 Å². The van der Waals surface area contributed by atoms with Crippen LogP contribution in [0.4, 0.5) is 5.00 Å². The smallest absolute Gasteiger partial charge is 0.357 e. The van der Waals surface area contributed by atoms with Gasteiger partial charge in [-0.3, -0.25) is 0 Å². The second-order valence-electron chi connectivity index (χ2n) is 4.36. The van der Waals surface area contributed by atoms with Crippen molar-refractivity contribution >= 4 is 32.1 Å². The number of aromatic nitrogens is 1. The molecule has 6 nitrogen and oxygen atoms in total. The van der Waals surface area contributed by atoms with E-state index in [1.165, 1.54) is 16.8 Å². The predicted octanol–water partition coefficient (Wildman–Crippen LogP) is 0.830. The van der Waals surface area contributed by atoms with Crippen molar-refractivity contribution in [3.05, 3.63) is 11.2 Å². The molecule has 8 heteroatoms. The number of nitrogens with one attached hydrogen (secondary N) is 1. The normalized spacial score (nSPS) is 26.9. The van der Waals surface area contributed by atoms with Crippen LogP contribution in [0.15, 0.2) is 5.51 Å². The number of thiazole rings is 1. The van der Waals surface area contributed by atoms with E-state index in [9.17, 15) is 13.2 Å². The molecule has 0 aliphatic carbocycles. The van der Waals surface area contributed by atoms with Crippen molar-refractivity contribution in [2.75, 3.05) is 16.8 Å². The summed E-state index contributed by atoms with van der Waals surface area (Å²) in [5, 5.41) is 12.3. The van der Waals surface area contributed by atoms with E-state index in [-0.39, 0.29) is 17.2 Å². The number of hydrogen-bond acceptors (Lipinski definition) is 6. The maximum atomic E-state index is 11.4. The fourth-order valence-corrected chi connectivity index (χ4v) is 4.78. The molecule has 1 aliphatic heterocycles. The van der Waals surface area contributed by atoms with E-state index in [1.54, 1.807) is 6.92 Å². The van der Waals surface area contributed by atoms with Gasteiger partial charge in [-0.15, -0.1) is 11.3 Å². The van der Waals surface area contributed by atoms with Crippen LogP contribution in [0.1, 0.15) is 23.8 Å². The molecule has 1 atom stereocenters. The van der Waals surface area contributed by atoms with Gasteiger partial charge in [0.2, 0.25) is 0 Å².